The highest BCUT2D eigenvalue weighted by atomic mass is 19.3. The molecule has 0 aliphatic rings. The predicted molar refractivity (Wildman–Crippen MR) is 95.1 cm³/mol. The minimum Gasteiger partial charge on any atom is -0.415 e. The van der Waals surface area contributed by atoms with E-state index in [9.17, 15) is 18.3 Å². The Bertz CT molecular complexity index is 1130. The van der Waals surface area contributed by atoms with Crippen molar-refractivity contribution >= 4 is 0 Å². The molecule has 0 bridgehead atoms. The van der Waals surface area contributed by atoms with Gasteiger partial charge < -0.3 is 9.52 Å². The van der Waals surface area contributed by atoms with Gasteiger partial charge in [-0.2, -0.15) is 8.78 Å². The van der Waals surface area contributed by atoms with Crippen LogP contribution in [0.5, 0.6) is 0 Å². The minimum atomic E-state index is -2.90. The second-order valence-electron chi connectivity index (χ2n) is 6.12. The van der Waals surface area contributed by atoms with Gasteiger partial charge in [0.25, 0.3) is 5.89 Å². The molecular weight excluding hydrogens is 387 g/mol. The van der Waals surface area contributed by atoms with Crippen molar-refractivity contribution in [3.05, 3.63) is 71.5 Å². The van der Waals surface area contributed by atoms with Crippen LogP contribution in [0.4, 0.5) is 13.2 Å². The molecule has 10 heteroatoms. The van der Waals surface area contributed by atoms with E-state index in [0.29, 0.717) is 11.4 Å². The fraction of sp³-hybridized carbons (Fsp3) is 0.158. The van der Waals surface area contributed by atoms with Gasteiger partial charge in [-0.3, -0.25) is 0 Å². The van der Waals surface area contributed by atoms with Crippen LogP contribution in [0.2, 0.25) is 0 Å². The highest BCUT2D eigenvalue weighted by molar-refractivity contribution is 5.61. The molecule has 0 fully saturated rings. The molecular formula is C19H14F3N5O2. The lowest BCUT2D eigenvalue weighted by molar-refractivity contribution is 0.116. The molecule has 0 spiro atoms. The van der Waals surface area contributed by atoms with Crippen LogP contribution in [-0.2, 0) is 13.2 Å². The first-order valence-corrected chi connectivity index (χ1v) is 8.56. The van der Waals surface area contributed by atoms with Gasteiger partial charge in [-0.15, -0.1) is 15.3 Å². The van der Waals surface area contributed by atoms with Crippen molar-refractivity contribution in [3.63, 3.8) is 0 Å². The molecule has 0 unspecified atom stereocenters. The van der Waals surface area contributed by atoms with Crippen LogP contribution in [0.15, 0.2) is 52.9 Å². The Morgan fingerprint density at radius 1 is 1.00 bits per heavy atom. The predicted octanol–water partition coefficient (Wildman–Crippen LogP) is 3.61. The number of nitrogens with zero attached hydrogens (tertiary/aromatic N) is 5. The summed E-state index contributed by atoms with van der Waals surface area (Å²) < 4.78 is 46.0. The average Bonchev–Trinajstić information content (AvgIpc) is 3.37. The van der Waals surface area contributed by atoms with E-state index in [2.05, 4.69) is 20.5 Å². The first-order valence-electron chi connectivity index (χ1n) is 8.56. The van der Waals surface area contributed by atoms with Crippen molar-refractivity contribution < 1.29 is 22.7 Å². The number of hydrogen-bond donors (Lipinski definition) is 1. The summed E-state index contributed by atoms with van der Waals surface area (Å²) in [7, 11) is 0. The third-order valence-electron chi connectivity index (χ3n) is 4.28. The zero-order valence-electron chi connectivity index (χ0n) is 14.8. The lowest BCUT2D eigenvalue weighted by Crippen LogP contribution is -2.08. The van der Waals surface area contributed by atoms with Crippen LogP contribution in [0.3, 0.4) is 0 Å². The Kier molecular flexibility index (Phi) is 5.09. The summed E-state index contributed by atoms with van der Waals surface area (Å²) in [5, 5.41) is 24.6. The summed E-state index contributed by atoms with van der Waals surface area (Å²) in [5.74, 6) is -1.64. The average molecular weight is 401 g/mol. The smallest absolute Gasteiger partial charge is 0.314 e. The summed E-state index contributed by atoms with van der Waals surface area (Å²) in [4.78, 5) is 0. The van der Waals surface area contributed by atoms with E-state index >= 15 is 0 Å². The molecule has 0 saturated carbocycles. The molecule has 0 amide bonds. The molecule has 7 nitrogen and oxygen atoms in total. The molecule has 1 N–H and O–H groups in total. The normalized spacial score (nSPS) is 11.3. The van der Waals surface area contributed by atoms with Crippen LogP contribution in [0, 0.1) is 5.82 Å². The van der Waals surface area contributed by atoms with Crippen LogP contribution >= 0.6 is 0 Å². The number of aliphatic hydroxyl groups excluding tert-OH is 1. The van der Waals surface area contributed by atoms with Crippen molar-refractivity contribution in [1.82, 2.24) is 25.2 Å². The molecule has 4 rings (SSSR count). The number of aromatic nitrogens is 5. The lowest BCUT2D eigenvalue weighted by atomic mass is 10.1. The van der Waals surface area contributed by atoms with E-state index in [-0.39, 0.29) is 30.2 Å². The highest BCUT2D eigenvalue weighted by Crippen LogP contribution is 2.26. The minimum absolute atomic E-state index is 0.0218. The summed E-state index contributed by atoms with van der Waals surface area (Å²) in [6, 6.07) is 13.3. The van der Waals surface area contributed by atoms with Crippen molar-refractivity contribution in [2.45, 2.75) is 19.6 Å². The van der Waals surface area contributed by atoms with Gasteiger partial charge in [0.15, 0.2) is 0 Å². The quantitative estimate of drug-likeness (QED) is 0.531. The Hall–Kier alpha value is -3.53. The standard InChI is InChI=1S/C19H14F3N5O2/c20-14-8-12(18-24-25-19(29-18)17(21)22)6-7-13(14)9-27-15(10-28)16(23-26-27)11-4-2-1-3-5-11/h1-8,17,28H,9-10H2. The van der Waals surface area contributed by atoms with Gasteiger partial charge in [0.05, 0.1) is 18.8 Å². The number of benzene rings is 2. The third kappa shape index (κ3) is 3.74. The maximum Gasteiger partial charge on any atom is 0.314 e. The van der Waals surface area contributed by atoms with E-state index in [1.807, 2.05) is 30.3 Å². The number of aliphatic hydroxyl groups is 1. The molecule has 0 aliphatic heterocycles. The summed E-state index contributed by atoms with van der Waals surface area (Å²) in [5.41, 5.74) is 2.18. The zero-order valence-corrected chi connectivity index (χ0v) is 14.8. The maximum absolute atomic E-state index is 14.6. The molecule has 4 aromatic rings. The van der Waals surface area contributed by atoms with Gasteiger partial charge >= 0.3 is 6.43 Å². The van der Waals surface area contributed by atoms with Crippen LogP contribution in [0.25, 0.3) is 22.7 Å². The second kappa shape index (κ2) is 7.84. The Balaban J connectivity index is 1.61. The molecule has 2 aromatic carbocycles. The molecule has 0 radical (unpaired) electrons. The third-order valence-corrected chi connectivity index (χ3v) is 4.28. The Morgan fingerprint density at radius 2 is 1.79 bits per heavy atom. The SMILES string of the molecule is OCc1c(-c2ccccc2)nnn1Cc1ccc(-c2nnc(C(F)F)o2)cc1F. The largest absolute Gasteiger partial charge is 0.415 e. The molecule has 2 aromatic heterocycles. The van der Waals surface area contributed by atoms with Crippen molar-refractivity contribution in [2.24, 2.45) is 0 Å². The van der Waals surface area contributed by atoms with Gasteiger partial charge in [0, 0.05) is 16.7 Å². The fourth-order valence-electron chi connectivity index (χ4n) is 2.85. The van der Waals surface area contributed by atoms with Crippen LogP contribution in [-0.4, -0.2) is 30.3 Å². The van der Waals surface area contributed by atoms with Gasteiger partial charge in [-0.25, -0.2) is 9.07 Å². The van der Waals surface area contributed by atoms with E-state index in [1.165, 1.54) is 16.8 Å². The fourth-order valence-corrected chi connectivity index (χ4v) is 2.85. The molecule has 148 valence electrons. The zero-order chi connectivity index (χ0) is 20.4. The summed E-state index contributed by atoms with van der Waals surface area (Å²) in [6.45, 7) is -0.302. The topological polar surface area (TPSA) is 89.9 Å². The van der Waals surface area contributed by atoms with Crippen LogP contribution < -0.4 is 0 Å². The van der Waals surface area contributed by atoms with Gasteiger partial charge in [0.1, 0.15) is 11.5 Å². The van der Waals surface area contributed by atoms with Crippen molar-refractivity contribution in [2.75, 3.05) is 0 Å². The first kappa shape index (κ1) is 18.8. The van der Waals surface area contributed by atoms with E-state index < -0.39 is 18.1 Å². The van der Waals surface area contributed by atoms with E-state index in [1.54, 1.807) is 0 Å². The van der Waals surface area contributed by atoms with Gasteiger partial charge in [-0.05, 0) is 12.1 Å². The molecule has 0 atom stereocenters. The molecule has 2 heterocycles. The monoisotopic (exact) mass is 401 g/mol. The Morgan fingerprint density at radius 3 is 2.45 bits per heavy atom. The Labute approximate surface area is 162 Å². The highest BCUT2D eigenvalue weighted by Gasteiger charge is 2.19. The molecule has 29 heavy (non-hydrogen) atoms. The van der Waals surface area contributed by atoms with E-state index in [0.717, 1.165) is 11.6 Å². The number of hydrogen-bond acceptors (Lipinski definition) is 6. The summed E-state index contributed by atoms with van der Waals surface area (Å²) in [6.07, 6.45) is -2.90. The van der Waals surface area contributed by atoms with E-state index in [4.69, 9.17) is 4.42 Å². The lowest BCUT2D eigenvalue weighted by Gasteiger charge is -2.08. The summed E-state index contributed by atoms with van der Waals surface area (Å²) >= 11 is 0. The number of halogens is 3. The van der Waals surface area contributed by atoms with Gasteiger partial charge in [-0.1, -0.05) is 41.6 Å². The van der Waals surface area contributed by atoms with Crippen molar-refractivity contribution in [1.29, 1.82) is 0 Å². The van der Waals surface area contributed by atoms with Crippen molar-refractivity contribution in [3.8, 4) is 22.7 Å². The van der Waals surface area contributed by atoms with Gasteiger partial charge in [0.2, 0.25) is 5.89 Å². The second-order valence-corrected chi connectivity index (χ2v) is 6.12. The van der Waals surface area contributed by atoms with Crippen LogP contribution in [0.1, 0.15) is 23.6 Å². The maximum atomic E-state index is 14.6. The number of rotatable bonds is 6. The molecule has 0 saturated heterocycles. The molecule has 0 aliphatic carbocycles. The first-order chi connectivity index (χ1) is 14.1. The number of alkyl halides is 2.